The first-order valence-corrected chi connectivity index (χ1v) is 12.4. The lowest BCUT2D eigenvalue weighted by atomic mass is 9.97. The van der Waals surface area contributed by atoms with E-state index >= 15 is 0 Å². The minimum atomic E-state index is -0.0453. The van der Waals surface area contributed by atoms with Crippen LogP contribution in [0.3, 0.4) is 0 Å². The number of rotatable bonds is 7. The highest BCUT2D eigenvalue weighted by atomic mass is 16.5. The van der Waals surface area contributed by atoms with Crippen molar-refractivity contribution in [2.75, 3.05) is 46.0 Å². The Bertz CT molecular complexity index is 1200. The number of para-hydroxylation sites is 1. The Hall–Kier alpha value is -3.45. The van der Waals surface area contributed by atoms with E-state index in [0.29, 0.717) is 57.2 Å². The van der Waals surface area contributed by atoms with Crippen LogP contribution in [0, 0.1) is 5.92 Å². The molecule has 182 valence electrons. The monoisotopic (exact) mass is 473 g/mol. The fourth-order valence-electron chi connectivity index (χ4n) is 4.93. The van der Waals surface area contributed by atoms with Crippen molar-refractivity contribution < 1.29 is 19.1 Å². The van der Waals surface area contributed by atoms with Gasteiger partial charge in [0.1, 0.15) is 12.4 Å². The number of hydrogen-bond acceptors (Lipinski definition) is 5. The first kappa shape index (κ1) is 23.3. The van der Waals surface area contributed by atoms with Gasteiger partial charge in [-0.2, -0.15) is 0 Å². The molecule has 0 saturated carbocycles. The van der Waals surface area contributed by atoms with Crippen LogP contribution in [0.5, 0.6) is 5.75 Å². The number of carbonyl (C=O) groups excluding carboxylic acids is 2. The van der Waals surface area contributed by atoms with Crippen LogP contribution < -0.4 is 4.74 Å². The van der Waals surface area contributed by atoms with E-state index in [1.807, 2.05) is 46.3 Å². The van der Waals surface area contributed by atoms with Gasteiger partial charge in [-0.25, -0.2) is 0 Å². The Morgan fingerprint density at radius 3 is 2.91 bits per heavy atom. The lowest BCUT2D eigenvalue weighted by Gasteiger charge is -2.25. The van der Waals surface area contributed by atoms with Crippen LogP contribution >= 0.6 is 0 Å². The summed E-state index contributed by atoms with van der Waals surface area (Å²) < 4.78 is 11.8. The van der Waals surface area contributed by atoms with Gasteiger partial charge in [-0.15, -0.1) is 0 Å². The topological polar surface area (TPSA) is 72.0 Å². The van der Waals surface area contributed by atoms with Crippen molar-refractivity contribution in [2.45, 2.75) is 19.3 Å². The molecule has 3 heterocycles. The van der Waals surface area contributed by atoms with Gasteiger partial charge in [0.15, 0.2) is 0 Å². The molecular weight excluding hydrogens is 442 g/mol. The molecule has 7 nitrogen and oxygen atoms in total. The van der Waals surface area contributed by atoms with Gasteiger partial charge >= 0.3 is 0 Å². The number of carbonyl (C=O) groups is 2. The van der Waals surface area contributed by atoms with Crippen LogP contribution in [0.2, 0.25) is 0 Å². The van der Waals surface area contributed by atoms with E-state index in [4.69, 9.17) is 9.47 Å². The number of pyridine rings is 1. The highest BCUT2D eigenvalue weighted by Crippen LogP contribution is 2.23. The average molecular weight is 474 g/mol. The molecule has 0 N–H and O–H groups in total. The Balaban J connectivity index is 1.24. The van der Waals surface area contributed by atoms with Gasteiger partial charge in [-0.1, -0.05) is 24.3 Å². The molecule has 0 aliphatic carbocycles. The number of benzene rings is 2. The van der Waals surface area contributed by atoms with Gasteiger partial charge in [-0.3, -0.25) is 14.6 Å². The van der Waals surface area contributed by atoms with Crippen LogP contribution in [-0.2, 0) is 16.0 Å². The van der Waals surface area contributed by atoms with Gasteiger partial charge < -0.3 is 19.3 Å². The summed E-state index contributed by atoms with van der Waals surface area (Å²) in [5.74, 6) is 0.894. The summed E-state index contributed by atoms with van der Waals surface area (Å²) in [6.07, 6.45) is 6.04. The highest BCUT2D eigenvalue weighted by Gasteiger charge is 2.26. The number of nitrogens with zero attached hydrogens (tertiary/aromatic N) is 3. The molecule has 35 heavy (non-hydrogen) atoms. The van der Waals surface area contributed by atoms with Crippen molar-refractivity contribution in [3.05, 3.63) is 72.1 Å². The molecule has 1 aromatic heterocycles. The molecule has 0 radical (unpaired) electrons. The van der Waals surface area contributed by atoms with Crippen LogP contribution in [0.4, 0.5) is 0 Å². The van der Waals surface area contributed by atoms with E-state index in [1.54, 1.807) is 6.20 Å². The van der Waals surface area contributed by atoms with E-state index in [0.717, 1.165) is 24.8 Å². The van der Waals surface area contributed by atoms with Crippen molar-refractivity contribution in [3.63, 3.8) is 0 Å². The second-order valence-corrected chi connectivity index (χ2v) is 9.28. The summed E-state index contributed by atoms with van der Waals surface area (Å²) in [7, 11) is 0. The zero-order valence-corrected chi connectivity index (χ0v) is 19.9. The van der Waals surface area contributed by atoms with E-state index in [2.05, 4.69) is 23.2 Å². The molecule has 0 unspecified atom stereocenters. The SMILES string of the molecule is O=C1CCCN1CCOc1ccccc1C(=O)N1CCOC[C@H](Cc2ccc3ccncc3c2)C1. The molecule has 5 rings (SSSR count). The number of fused-ring (bicyclic) bond motifs is 1. The van der Waals surface area contributed by atoms with Gasteiger partial charge in [0.25, 0.3) is 5.91 Å². The third-order valence-electron chi connectivity index (χ3n) is 6.76. The number of ether oxygens (including phenoxy) is 2. The van der Waals surface area contributed by atoms with Crippen molar-refractivity contribution in [1.29, 1.82) is 0 Å². The fourth-order valence-corrected chi connectivity index (χ4v) is 4.93. The summed E-state index contributed by atoms with van der Waals surface area (Å²) in [5.41, 5.74) is 1.77. The Morgan fingerprint density at radius 1 is 1.11 bits per heavy atom. The van der Waals surface area contributed by atoms with Crippen LogP contribution in [0.15, 0.2) is 60.9 Å². The molecule has 3 aromatic rings. The van der Waals surface area contributed by atoms with Gasteiger partial charge in [-0.05, 0) is 48.1 Å². The molecule has 2 saturated heterocycles. The quantitative estimate of drug-likeness (QED) is 0.525. The van der Waals surface area contributed by atoms with Crippen molar-refractivity contribution in [1.82, 2.24) is 14.8 Å². The predicted octanol–water partition coefficient (Wildman–Crippen LogP) is 3.57. The molecule has 2 amide bonds. The summed E-state index contributed by atoms with van der Waals surface area (Å²) in [4.78, 5) is 33.3. The molecule has 2 aliphatic heterocycles. The fraction of sp³-hybridized carbons (Fsp3) is 0.393. The number of likely N-dealkylation sites (tertiary alicyclic amines) is 1. The molecule has 1 atom stereocenters. The van der Waals surface area contributed by atoms with Crippen LogP contribution in [0.1, 0.15) is 28.8 Å². The van der Waals surface area contributed by atoms with Gasteiger partial charge in [0.05, 0.1) is 25.3 Å². The number of amides is 2. The summed E-state index contributed by atoms with van der Waals surface area (Å²) in [5, 5.41) is 2.29. The molecular formula is C28H31N3O4. The van der Waals surface area contributed by atoms with E-state index in [9.17, 15) is 9.59 Å². The zero-order valence-electron chi connectivity index (χ0n) is 19.9. The maximum Gasteiger partial charge on any atom is 0.257 e. The maximum absolute atomic E-state index is 13.5. The second-order valence-electron chi connectivity index (χ2n) is 9.28. The molecule has 2 aromatic carbocycles. The summed E-state index contributed by atoms with van der Waals surface area (Å²) in [6, 6.07) is 15.8. The molecule has 7 heteroatoms. The van der Waals surface area contributed by atoms with Crippen LogP contribution in [0.25, 0.3) is 10.8 Å². The smallest absolute Gasteiger partial charge is 0.257 e. The average Bonchev–Trinajstić information content (AvgIpc) is 3.15. The minimum absolute atomic E-state index is 0.0453. The normalized spacial score (nSPS) is 18.6. The Kier molecular flexibility index (Phi) is 7.23. The maximum atomic E-state index is 13.5. The first-order valence-electron chi connectivity index (χ1n) is 12.4. The third-order valence-corrected chi connectivity index (χ3v) is 6.76. The third kappa shape index (κ3) is 5.62. The Morgan fingerprint density at radius 2 is 2.03 bits per heavy atom. The predicted molar refractivity (Wildman–Crippen MR) is 133 cm³/mol. The Labute approximate surface area is 205 Å². The van der Waals surface area contributed by atoms with E-state index in [1.165, 1.54) is 10.9 Å². The number of aromatic nitrogens is 1. The second kappa shape index (κ2) is 10.9. The van der Waals surface area contributed by atoms with E-state index in [-0.39, 0.29) is 17.7 Å². The van der Waals surface area contributed by atoms with Crippen molar-refractivity contribution in [3.8, 4) is 5.75 Å². The molecule has 0 bridgehead atoms. The zero-order chi connectivity index (χ0) is 24.0. The van der Waals surface area contributed by atoms with Crippen LogP contribution in [-0.4, -0.2) is 72.6 Å². The lowest BCUT2D eigenvalue weighted by molar-refractivity contribution is -0.128. The van der Waals surface area contributed by atoms with Gasteiger partial charge in [0.2, 0.25) is 5.91 Å². The molecule has 2 fully saturated rings. The van der Waals surface area contributed by atoms with Crippen molar-refractivity contribution in [2.24, 2.45) is 5.92 Å². The lowest BCUT2D eigenvalue weighted by Crippen LogP contribution is -2.36. The van der Waals surface area contributed by atoms with Crippen molar-refractivity contribution >= 4 is 22.6 Å². The van der Waals surface area contributed by atoms with Gasteiger partial charge in [0, 0.05) is 49.8 Å². The number of hydrogen-bond donors (Lipinski definition) is 0. The molecule has 2 aliphatic rings. The minimum Gasteiger partial charge on any atom is -0.491 e. The highest BCUT2D eigenvalue weighted by molar-refractivity contribution is 5.97. The summed E-state index contributed by atoms with van der Waals surface area (Å²) in [6.45, 7) is 4.02. The first-order chi connectivity index (χ1) is 17.2. The largest absolute Gasteiger partial charge is 0.491 e. The molecule has 0 spiro atoms. The standard InChI is InChI=1S/C28H31N3O4/c32-27-6-3-11-30(27)13-15-35-26-5-2-1-4-25(26)28(33)31-12-14-34-20-22(19-31)16-21-7-8-23-9-10-29-18-24(23)17-21/h1-2,4-5,7-10,17-18,22H,3,6,11-16,19-20H2/t22-/m1/s1. The van der Waals surface area contributed by atoms with E-state index < -0.39 is 0 Å². The summed E-state index contributed by atoms with van der Waals surface area (Å²) >= 11 is 0.